The molecule has 0 bridgehead atoms. The summed E-state index contributed by atoms with van der Waals surface area (Å²) in [5.41, 5.74) is 2.61. The van der Waals surface area contributed by atoms with Crippen LogP contribution < -0.4 is 0 Å². The average Bonchev–Trinajstić information content (AvgIpc) is 2.59. The van der Waals surface area contributed by atoms with Crippen molar-refractivity contribution in [3.63, 3.8) is 0 Å². The van der Waals surface area contributed by atoms with Gasteiger partial charge >= 0.3 is 0 Å². The molecule has 0 aliphatic heterocycles. The van der Waals surface area contributed by atoms with Gasteiger partial charge in [0, 0.05) is 12.6 Å². The van der Waals surface area contributed by atoms with Crippen LogP contribution in [0, 0.1) is 5.92 Å². The van der Waals surface area contributed by atoms with Crippen LogP contribution in [0.3, 0.4) is 0 Å². The molecule has 2 rings (SSSR count). The Labute approximate surface area is 138 Å². The Morgan fingerprint density at radius 2 is 1.65 bits per heavy atom. The molecule has 1 amide bonds. The monoisotopic (exact) mass is 311 g/mol. The fourth-order valence-electron chi connectivity index (χ4n) is 2.79. The molecule has 2 aromatic carbocycles. The molecule has 122 valence electrons. The highest BCUT2D eigenvalue weighted by atomic mass is 16.3. The number of aliphatic hydroxyl groups is 1. The summed E-state index contributed by atoms with van der Waals surface area (Å²) < 4.78 is 0. The summed E-state index contributed by atoms with van der Waals surface area (Å²) >= 11 is 0. The van der Waals surface area contributed by atoms with Gasteiger partial charge in [-0.15, -0.1) is 0 Å². The Morgan fingerprint density at radius 1 is 1.04 bits per heavy atom. The maximum absolute atomic E-state index is 12.9. The van der Waals surface area contributed by atoms with Crippen LogP contribution in [0.2, 0.25) is 0 Å². The molecule has 0 aliphatic carbocycles. The van der Waals surface area contributed by atoms with Crippen molar-refractivity contribution < 1.29 is 9.90 Å². The van der Waals surface area contributed by atoms with Crippen molar-refractivity contribution in [2.24, 2.45) is 5.92 Å². The summed E-state index contributed by atoms with van der Waals surface area (Å²) in [7, 11) is 1.77. The van der Waals surface area contributed by atoms with E-state index in [0.717, 1.165) is 17.5 Å². The molecule has 1 atom stereocenters. The third-order valence-electron chi connectivity index (χ3n) is 4.06. The highest BCUT2D eigenvalue weighted by Gasteiger charge is 2.23. The number of benzene rings is 2. The third-order valence-corrected chi connectivity index (χ3v) is 4.06. The normalized spacial score (nSPS) is 12.2. The zero-order valence-corrected chi connectivity index (χ0v) is 14.1. The van der Waals surface area contributed by atoms with E-state index in [1.165, 1.54) is 0 Å². The Kier molecular flexibility index (Phi) is 5.94. The molecule has 1 N–H and O–H groups in total. The first-order valence-electron chi connectivity index (χ1n) is 8.07. The third kappa shape index (κ3) is 4.20. The highest BCUT2D eigenvalue weighted by molar-refractivity contribution is 6.00. The van der Waals surface area contributed by atoms with E-state index in [1.807, 2.05) is 54.6 Å². The first-order chi connectivity index (χ1) is 11.0. The van der Waals surface area contributed by atoms with E-state index < -0.39 is 0 Å². The summed E-state index contributed by atoms with van der Waals surface area (Å²) in [4.78, 5) is 14.6. The molecule has 0 saturated carbocycles. The number of aliphatic hydroxyl groups excluding tert-OH is 1. The van der Waals surface area contributed by atoms with Crippen molar-refractivity contribution >= 4 is 5.91 Å². The zero-order valence-electron chi connectivity index (χ0n) is 14.1. The van der Waals surface area contributed by atoms with E-state index in [0.29, 0.717) is 11.5 Å². The van der Waals surface area contributed by atoms with Gasteiger partial charge in [0.2, 0.25) is 0 Å². The van der Waals surface area contributed by atoms with Gasteiger partial charge in [-0.3, -0.25) is 4.79 Å². The summed E-state index contributed by atoms with van der Waals surface area (Å²) in [5, 5.41) is 9.63. The minimum atomic E-state index is -0.161. The van der Waals surface area contributed by atoms with Gasteiger partial charge in [0.25, 0.3) is 5.91 Å². The first kappa shape index (κ1) is 17.2. The van der Waals surface area contributed by atoms with Crippen molar-refractivity contribution in [3.8, 4) is 11.1 Å². The van der Waals surface area contributed by atoms with Crippen molar-refractivity contribution in [2.45, 2.75) is 26.3 Å². The van der Waals surface area contributed by atoms with Gasteiger partial charge in [0.1, 0.15) is 0 Å². The lowest BCUT2D eigenvalue weighted by atomic mass is 9.97. The maximum Gasteiger partial charge on any atom is 0.254 e. The van der Waals surface area contributed by atoms with E-state index >= 15 is 0 Å². The van der Waals surface area contributed by atoms with Crippen LogP contribution in [0.1, 0.15) is 30.6 Å². The summed E-state index contributed by atoms with van der Waals surface area (Å²) in [6.07, 6.45) is 0.784. The lowest BCUT2D eigenvalue weighted by molar-refractivity contribution is 0.0631. The van der Waals surface area contributed by atoms with E-state index in [1.54, 1.807) is 11.9 Å². The largest absolute Gasteiger partial charge is 0.394 e. The molecule has 23 heavy (non-hydrogen) atoms. The second-order valence-corrected chi connectivity index (χ2v) is 6.29. The van der Waals surface area contributed by atoms with Crippen LogP contribution in [0.25, 0.3) is 11.1 Å². The average molecular weight is 311 g/mol. The lowest BCUT2D eigenvalue weighted by Crippen LogP contribution is -2.40. The molecular formula is C20H25NO2. The fraction of sp³-hybridized carbons (Fsp3) is 0.350. The van der Waals surface area contributed by atoms with Crippen molar-refractivity contribution in [2.75, 3.05) is 13.7 Å². The lowest BCUT2D eigenvalue weighted by Gasteiger charge is -2.28. The van der Waals surface area contributed by atoms with E-state index in [9.17, 15) is 9.90 Å². The zero-order chi connectivity index (χ0) is 16.8. The molecule has 1 unspecified atom stereocenters. The Balaban J connectivity index is 2.33. The van der Waals surface area contributed by atoms with Gasteiger partial charge in [-0.2, -0.15) is 0 Å². The van der Waals surface area contributed by atoms with Crippen LogP contribution in [0.4, 0.5) is 0 Å². The summed E-state index contributed by atoms with van der Waals surface area (Å²) in [5.74, 6) is 0.371. The van der Waals surface area contributed by atoms with E-state index in [-0.39, 0.29) is 18.6 Å². The Hall–Kier alpha value is -2.13. The number of likely N-dealkylation sites (N-methyl/N-ethyl adjacent to an activating group) is 1. The highest BCUT2D eigenvalue weighted by Crippen LogP contribution is 2.25. The van der Waals surface area contributed by atoms with Crippen molar-refractivity contribution in [3.05, 3.63) is 60.2 Å². The van der Waals surface area contributed by atoms with Gasteiger partial charge in [-0.1, -0.05) is 62.4 Å². The molecule has 0 heterocycles. The molecule has 0 fully saturated rings. The second-order valence-electron chi connectivity index (χ2n) is 6.29. The number of nitrogens with zero attached hydrogens (tertiary/aromatic N) is 1. The molecule has 0 radical (unpaired) electrons. The van der Waals surface area contributed by atoms with Crippen molar-refractivity contribution in [1.82, 2.24) is 4.90 Å². The number of hydrogen-bond donors (Lipinski definition) is 1. The molecular weight excluding hydrogens is 286 g/mol. The molecule has 0 aromatic heterocycles. The molecule has 3 nitrogen and oxygen atoms in total. The van der Waals surface area contributed by atoms with Gasteiger partial charge < -0.3 is 10.0 Å². The Bertz CT molecular complexity index is 637. The summed E-state index contributed by atoms with van der Waals surface area (Å²) in [6.45, 7) is 4.17. The van der Waals surface area contributed by atoms with Crippen LogP contribution >= 0.6 is 0 Å². The second kappa shape index (κ2) is 7.93. The predicted octanol–water partition coefficient (Wildman–Crippen LogP) is 3.83. The van der Waals surface area contributed by atoms with Crippen LogP contribution in [0.5, 0.6) is 0 Å². The van der Waals surface area contributed by atoms with E-state index in [4.69, 9.17) is 0 Å². The number of carbonyl (C=O) groups excluding carboxylic acids is 1. The topological polar surface area (TPSA) is 40.5 Å². The van der Waals surface area contributed by atoms with Gasteiger partial charge in [0.15, 0.2) is 0 Å². The number of amides is 1. The standard InChI is InChI=1S/C20H25NO2/c1-15(2)13-17(14-22)21(3)20(23)19-12-8-7-11-18(19)16-9-5-4-6-10-16/h4-12,15,17,22H,13-14H2,1-3H3. The number of carbonyl (C=O) groups is 1. The van der Waals surface area contributed by atoms with Crippen LogP contribution in [0.15, 0.2) is 54.6 Å². The van der Waals surface area contributed by atoms with Gasteiger partial charge in [0.05, 0.1) is 12.6 Å². The smallest absolute Gasteiger partial charge is 0.254 e. The summed E-state index contributed by atoms with van der Waals surface area (Å²) in [6, 6.07) is 17.4. The fourth-order valence-corrected chi connectivity index (χ4v) is 2.79. The van der Waals surface area contributed by atoms with Gasteiger partial charge in [-0.25, -0.2) is 0 Å². The molecule has 2 aromatic rings. The van der Waals surface area contributed by atoms with Crippen molar-refractivity contribution in [1.29, 1.82) is 0 Å². The SMILES string of the molecule is CC(C)CC(CO)N(C)C(=O)c1ccccc1-c1ccccc1. The van der Waals surface area contributed by atoms with Gasteiger partial charge in [-0.05, 0) is 29.5 Å². The van der Waals surface area contributed by atoms with Crippen LogP contribution in [-0.4, -0.2) is 35.6 Å². The molecule has 0 spiro atoms. The predicted molar refractivity (Wildman–Crippen MR) is 94.3 cm³/mol. The molecule has 0 saturated heterocycles. The number of rotatable bonds is 6. The molecule has 0 aliphatic rings. The Morgan fingerprint density at radius 3 is 2.26 bits per heavy atom. The van der Waals surface area contributed by atoms with E-state index in [2.05, 4.69) is 13.8 Å². The van der Waals surface area contributed by atoms with Crippen LogP contribution in [-0.2, 0) is 0 Å². The quantitative estimate of drug-likeness (QED) is 0.880. The number of hydrogen-bond acceptors (Lipinski definition) is 2. The minimum absolute atomic E-state index is 0.0199. The maximum atomic E-state index is 12.9. The first-order valence-corrected chi connectivity index (χ1v) is 8.07. The molecule has 3 heteroatoms. The minimum Gasteiger partial charge on any atom is -0.394 e.